The van der Waals surface area contributed by atoms with Gasteiger partial charge in [0, 0.05) is 17.5 Å². The highest BCUT2D eigenvalue weighted by molar-refractivity contribution is 6.09. The van der Waals surface area contributed by atoms with Gasteiger partial charge < -0.3 is 9.73 Å². The summed E-state index contributed by atoms with van der Waals surface area (Å²) in [5.74, 6) is -1.56. The molecule has 10 nitrogen and oxygen atoms in total. The molecule has 29 heavy (non-hydrogen) atoms. The third-order valence-electron chi connectivity index (χ3n) is 4.71. The van der Waals surface area contributed by atoms with Crippen LogP contribution in [0.3, 0.4) is 0 Å². The summed E-state index contributed by atoms with van der Waals surface area (Å²) < 4.78 is 5.44. The number of nitro groups is 1. The zero-order valence-electron chi connectivity index (χ0n) is 15.0. The number of nitro benzene ring substituents is 1. The van der Waals surface area contributed by atoms with Crippen LogP contribution in [0.2, 0.25) is 0 Å². The van der Waals surface area contributed by atoms with Crippen LogP contribution in [0.4, 0.5) is 10.5 Å². The van der Waals surface area contributed by atoms with Gasteiger partial charge in [0.05, 0.1) is 4.92 Å². The monoisotopic (exact) mass is 394 g/mol. The SMILES string of the molecule is C[C@]1(c2ccc([N+](=O)[O-])cc2)NC(=O)N(NC(=O)c2cc3ccccc3o2)C1=O. The average molecular weight is 394 g/mol. The van der Waals surface area contributed by atoms with Crippen molar-refractivity contribution >= 4 is 34.5 Å². The molecule has 0 bridgehead atoms. The van der Waals surface area contributed by atoms with Gasteiger partial charge >= 0.3 is 11.9 Å². The quantitative estimate of drug-likeness (QED) is 0.396. The summed E-state index contributed by atoms with van der Waals surface area (Å²) in [5.41, 5.74) is 1.43. The van der Waals surface area contributed by atoms with E-state index in [1.165, 1.54) is 37.3 Å². The normalized spacial score (nSPS) is 18.7. The van der Waals surface area contributed by atoms with E-state index in [2.05, 4.69) is 10.7 Å². The summed E-state index contributed by atoms with van der Waals surface area (Å²) in [6, 6.07) is 12.9. The third kappa shape index (κ3) is 2.96. The first-order valence-electron chi connectivity index (χ1n) is 8.51. The second-order valence-electron chi connectivity index (χ2n) is 6.59. The fourth-order valence-electron chi connectivity index (χ4n) is 3.10. The Bertz CT molecular complexity index is 1140. The van der Waals surface area contributed by atoms with Crippen LogP contribution >= 0.6 is 0 Å². The number of carbonyl (C=O) groups excluding carboxylic acids is 3. The van der Waals surface area contributed by atoms with Crippen molar-refractivity contribution in [3.05, 3.63) is 76.0 Å². The molecule has 10 heteroatoms. The van der Waals surface area contributed by atoms with Gasteiger partial charge in [0.1, 0.15) is 11.1 Å². The van der Waals surface area contributed by atoms with Gasteiger partial charge in [0.15, 0.2) is 5.76 Å². The Morgan fingerprint density at radius 2 is 1.86 bits per heavy atom. The van der Waals surface area contributed by atoms with Gasteiger partial charge in [-0.05, 0) is 36.8 Å². The molecule has 4 rings (SSSR count). The number of nitrogens with one attached hydrogen (secondary N) is 2. The number of para-hydroxylation sites is 1. The number of amides is 4. The van der Waals surface area contributed by atoms with E-state index < -0.39 is 28.3 Å². The zero-order valence-corrected chi connectivity index (χ0v) is 15.0. The first-order chi connectivity index (χ1) is 13.8. The molecule has 0 aliphatic carbocycles. The number of hydrogen-bond acceptors (Lipinski definition) is 6. The number of urea groups is 1. The van der Waals surface area contributed by atoms with Gasteiger partial charge in [-0.3, -0.25) is 19.7 Å². The van der Waals surface area contributed by atoms with E-state index in [-0.39, 0.29) is 11.4 Å². The Kier molecular flexibility index (Phi) is 4.04. The first-order valence-corrected chi connectivity index (χ1v) is 8.51. The van der Waals surface area contributed by atoms with Crippen molar-refractivity contribution in [1.29, 1.82) is 0 Å². The number of furan rings is 1. The summed E-state index contributed by atoms with van der Waals surface area (Å²) >= 11 is 0. The maximum Gasteiger partial charge on any atom is 0.344 e. The third-order valence-corrected chi connectivity index (χ3v) is 4.71. The zero-order chi connectivity index (χ0) is 20.8. The fourth-order valence-corrected chi connectivity index (χ4v) is 3.10. The highest BCUT2D eigenvalue weighted by Gasteiger charge is 2.50. The summed E-state index contributed by atoms with van der Waals surface area (Å²) in [7, 11) is 0. The Labute approximate surface area is 163 Å². The van der Waals surface area contributed by atoms with Crippen molar-refractivity contribution in [1.82, 2.24) is 15.8 Å². The number of benzene rings is 2. The molecule has 1 atom stereocenters. The highest BCUT2D eigenvalue weighted by Crippen LogP contribution is 2.29. The average Bonchev–Trinajstić information content (AvgIpc) is 3.23. The number of hydrogen-bond donors (Lipinski definition) is 2. The second-order valence-corrected chi connectivity index (χ2v) is 6.59. The molecule has 1 aromatic heterocycles. The van der Waals surface area contributed by atoms with Crippen molar-refractivity contribution in [2.24, 2.45) is 0 Å². The number of non-ortho nitro benzene ring substituents is 1. The minimum Gasteiger partial charge on any atom is -0.451 e. The summed E-state index contributed by atoms with van der Waals surface area (Å²) in [4.78, 5) is 47.9. The van der Waals surface area contributed by atoms with Crippen molar-refractivity contribution in [2.45, 2.75) is 12.5 Å². The summed E-state index contributed by atoms with van der Waals surface area (Å²) in [5, 5.41) is 14.6. The van der Waals surface area contributed by atoms with E-state index in [4.69, 9.17) is 4.42 Å². The van der Waals surface area contributed by atoms with Crippen LogP contribution < -0.4 is 10.7 Å². The summed E-state index contributed by atoms with van der Waals surface area (Å²) in [6.07, 6.45) is 0. The molecule has 3 aromatic rings. The maximum absolute atomic E-state index is 12.9. The fraction of sp³-hybridized carbons (Fsp3) is 0.105. The molecule has 1 saturated heterocycles. The lowest BCUT2D eigenvalue weighted by Gasteiger charge is -2.21. The highest BCUT2D eigenvalue weighted by atomic mass is 16.6. The van der Waals surface area contributed by atoms with Crippen LogP contribution in [-0.4, -0.2) is 27.8 Å². The van der Waals surface area contributed by atoms with E-state index in [1.807, 2.05) is 0 Å². The van der Waals surface area contributed by atoms with E-state index in [1.54, 1.807) is 24.3 Å². The molecular weight excluding hydrogens is 380 g/mol. The predicted molar refractivity (Wildman–Crippen MR) is 99.5 cm³/mol. The number of carbonyl (C=O) groups is 3. The molecule has 2 aromatic carbocycles. The molecule has 2 N–H and O–H groups in total. The van der Waals surface area contributed by atoms with Gasteiger partial charge in [-0.2, -0.15) is 5.01 Å². The van der Waals surface area contributed by atoms with Gasteiger partial charge in [-0.15, -0.1) is 0 Å². The topological polar surface area (TPSA) is 135 Å². The number of fused-ring (bicyclic) bond motifs is 1. The molecule has 4 amide bonds. The first kappa shape index (κ1) is 18.2. The predicted octanol–water partition coefficient (Wildman–Crippen LogP) is 2.45. The van der Waals surface area contributed by atoms with Gasteiger partial charge in [0.2, 0.25) is 0 Å². The largest absolute Gasteiger partial charge is 0.451 e. The minimum absolute atomic E-state index is 0.0595. The second kappa shape index (κ2) is 6.44. The van der Waals surface area contributed by atoms with E-state index in [0.29, 0.717) is 21.5 Å². The van der Waals surface area contributed by atoms with Crippen molar-refractivity contribution < 1.29 is 23.7 Å². The van der Waals surface area contributed by atoms with E-state index >= 15 is 0 Å². The lowest BCUT2D eigenvalue weighted by molar-refractivity contribution is -0.384. The van der Waals surface area contributed by atoms with Gasteiger partial charge in [-0.1, -0.05) is 18.2 Å². The molecule has 1 aliphatic rings. The smallest absolute Gasteiger partial charge is 0.344 e. The molecule has 2 heterocycles. The molecule has 0 spiro atoms. The van der Waals surface area contributed by atoms with Crippen LogP contribution in [0.15, 0.2) is 59.0 Å². The van der Waals surface area contributed by atoms with Crippen molar-refractivity contribution in [3.63, 3.8) is 0 Å². The Hall–Kier alpha value is -4.21. The number of nitrogens with zero attached hydrogens (tertiary/aromatic N) is 2. The van der Waals surface area contributed by atoms with Gasteiger partial charge in [0.25, 0.3) is 11.6 Å². The minimum atomic E-state index is -1.49. The Morgan fingerprint density at radius 1 is 1.17 bits per heavy atom. The van der Waals surface area contributed by atoms with Crippen molar-refractivity contribution in [2.75, 3.05) is 0 Å². The van der Waals surface area contributed by atoms with E-state index in [9.17, 15) is 24.5 Å². The summed E-state index contributed by atoms with van der Waals surface area (Å²) in [6.45, 7) is 1.45. The van der Waals surface area contributed by atoms with Crippen LogP contribution in [0.1, 0.15) is 23.0 Å². The van der Waals surface area contributed by atoms with E-state index in [0.717, 1.165) is 0 Å². The van der Waals surface area contributed by atoms with Crippen LogP contribution in [0, 0.1) is 10.1 Å². The lowest BCUT2D eigenvalue weighted by atomic mass is 9.92. The molecular formula is C19H14N4O6. The Morgan fingerprint density at radius 3 is 2.52 bits per heavy atom. The molecule has 0 unspecified atom stereocenters. The molecule has 0 radical (unpaired) electrons. The molecule has 0 saturated carbocycles. The van der Waals surface area contributed by atoms with Crippen LogP contribution in [0.5, 0.6) is 0 Å². The lowest BCUT2D eigenvalue weighted by Crippen LogP contribution is -2.47. The number of imide groups is 1. The molecule has 1 aliphatic heterocycles. The number of hydrazine groups is 1. The number of rotatable bonds is 4. The Balaban J connectivity index is 1.57. The maximum atomic E-state index is 12.9. The molecule has 146 valence electrons. The van der Waals surface area contributed by atoms with Crippen molar-refractivity contribution in [3.8, 4) is 0 Å². The standard InChI is InChI=1S/C19H14N4O6/c1-19(12-6-8-13(9-7-12)23(27)28)17(25)22(18(26)20-19)21-16(24)15-10-11-4-2-3-5-14(11)29-15/h2-10H,1H3,(H,20,26)(H,21,24)/t19-/m1/s1. The van der Waals surface area contributed by atoms with Crippen LogP contribution in [-0.2, 0) is 10.3 Å². The van der Waals surface area contributed by atoms with Crippen LogP contribution in [0.25, 0.3) is 11.0 Å². The molecule has 1 fully saturated rings. The van der Waals surface area contributed by atoms with Gasteiger partial charge in [-0.25, -0.2) is 10.2 Å².